The molecule has 0 aliphatic carbocycles. The standard InChI is InChI=1S/C41H38ClF4N7O5/c1-4-32-28(18-25-20-40(2,3)52(21-25)38(56)34-35(30(43)12-15-47-34)58-23-24-8-6-5-7-9-24)37(55)53-39(49-36(50-53)26-13-16-57-17-14-26)51(32)22-33(54)48-31-11-10-27(19-29(31)42)41(44,45)46/h5-13,15,18-19H,4,14,16-17,20-23H2,1-3H3,(H,48,54)/b25-18+. The molecule has 7 rings (SSSR count). The first kappa shape index (κ1) is 40.3. The summed E-state index contributed by atoms with van der Waals surface area (Å²) in [6, 6.07) is 12.8. The number of halogens is 5. The van der Waals surface area contributed by atoms with Crippen LogP contribution in [-0.4, -0.2) is 66.2 Å². The lowest BCUT2D eigenvalue weighted by molar-refractivity contribution is -0.137. The first-order valence-electron chi connectivity index (χ1n) is 18.4. The van der Waals surface area contributed by atoms with E-state index in [4.69, 9.17) is 21.1 Å². The number of carbonyl (C=O) groups is 2. The molecular weight excluding hydrogens is 782 g/mol. The summed E-state index contributed by atoms with van der Waals surface area (Å²) in [5.41, 5.74) is 0.312. The number of rotatable bonds is 10. The minimum atomic E-state index is -4.63. The third kappa shape index (κ3) is 8.25. The number of ether oxygens (including phenoxy) is 2. The number of hydrogen-bond donors (Lipinski definition) is 1. The number of likely N-dealkylation sites (tertiary alicyclic amines) is 1. The van der Waals surface area contributed by atoms with E-state index in [0.717, 1.165) is 39.9 Å². The van der Waals surface area contributed by atoms with Gasteiger partial charge in [-0.25, -0.2) is 9.37 Å². The fourth-order valence-corrected chi connectivity index (χ4v) is 7.37. The Labute approximate surface area is 334 Å². The molecule has 1 N–H and O–H groups in total. The highest BCUT2D eigenvalue weighted by Gasteiger charge is 2.41. The monoisotopic (exact) mass is 819 g/mol. The molecule has 2 aliphatic rings. The van der Waals surface area contributed by atoms with Crippen molar-refractivity contribution in [2.45, 2.75) is 64.9 Å². The maximum absolute atomic E-state index is 15.2. The quantitative estimate of drug-likeness (QED) is 0.144. The van der Waals surface area contributed by atoms with Crippen molar-refractivity contribution in [3.8, 4) is 5.75 Å². The molecule has 0 bridgehead atoms. The van der Waals surface area contributed by atoms with E-state index in [9.17, 15) is 27.6 Å². The number of pyridine rings is 1. The van der Waals surface area contributed by atoms with Crippen LogP contribution in [0.25, 0.3) is 17.4 Å². The zero-order chi connectivity index (χ0) is 41.4. The summed E-state index contributed by atoms with van der Waals surface area (Å²) < 4.78 is 68.9. The lowest BCUT2D eigenvalue weighted by Gasteiger charge is -2.31. The molecule has 1 saturated heterocycles. The minimum absolute atomic E-state index is 0.0112. The summed E-state index contributed by atoms with van der Waals surface area (Å²) in [4.78, 5) is 52.6. The number of alkyl halides is 3. The van der Waals surface area contributed by atoms with Gasteiger partial charge in [0, 0.05) is 24.0 Å². The molecule has 12 nitrogen and oxygen atoms in total. The molecule has 5 aromatic rings. The van der Waals surface area contributed by atoms with Crippen molar-refractivity contribution < 1.29 is 36.6 Å². The van der Waals surface area contributed by atoms with E-state index in [1.54, 1.807) is 17.9 Å². The third-order valence-electron chi connectivity index (χ3n) is 9.98. The number of amides is 2. The topological polar surface area (TPSA) is 133 Å². The summed E-state index contributed by atoms with van der Waals surface area (Å²) in [6.45, 7) is 5.92. The molecule has 2 aliphatic heterocycles. The lowest BCUT2D eigenvalue weighted by atomic mass is 9.98. The predicted octanol–water partition coefficient (Wildman–Crippen LogP) is 7.39. The van der Waals surface area contributed by atoms with Crippen LogP contribution in [0.3, 0.4) is 0 Å². The van der Waals surface area contributed by atoms with E-state index in [0.29, 0.717) is 37.3 Å². The number of fused-ring (bicyclic) bond motifs is 1. The van der Waals surface area contributed by atoms with Crippen LogP contribution in [0.2, 0.25) is 5.02 Å². The maximum atomic E-state index is 15.2. The van der Waals surface area contributed by atoms with Crippen molar-refractivity contribution in [2.24, 2.45) is 0 Å². The van der Waals surface area contributed by atoms with Crippen molar-refractivity contribution in [1.82, 2.24) is 29.0 Å². The van der Waals surface area contributed by atoms with E-state index >= 15 is 4.39 Å². The van der Waals surface area contributed by atoms with E-state index in [1.165, 1.54) is 10.8 Å². The molecule has 0 spiro atoms. The number of aromatic nitrogens is 5. The van der Waals surface area contributed by atoms with Gasteiger partial charge in [0.05, 0.1) is 35.1 Å². The summed E-state index contributed by atoms with van der Waals surface area (Å²) in [7, 11) is 0. The normalized spacial score (nSPS) is 16.2. The van der Waals surface area contributed by atoms with Crippen LogP contribution < -0.4 is 15.6 Å². The van der Waals surface area contributed by atoms with Gasteiger partial charge in [-0.15, -0.1) is 5.10 Å². The average Bonchev–Trinajstić information content (AvgIpc) is 3.78. The van der Waals surface area contributed by atoms with Crippen LogP contribution in [0.1, 0.15) is 72.3 Å². The Kier molecular flexibility index (Phi) is 11.2. The highest BCUT2D eigenvalue weighted by atomic mass is 35.5. The van der Waals surface area contributed by atoms with Gasteiger partial charge in [-0.3, -0.25) is 14.4 Å². The fourth-order valence-electron chi connectivity index (χ4n) is 7.15. The first-order valence-corrected chi connectivity index (χ1v) is 18.8. The highest BCUT2D eigenvalue weighted by Crippen LogP contribution is 2.37. The molecule has 3 aromatic heterocycles. The molecule has 2 amide bonds. The molecule has 1 fully saturated rings. The molecule has 17 heteroatoms. The van der Waals surface area contributed by atoms with Crippen LogP contribution in [0.5, 0.6) is 5.75 Å². The molecule has 0 atom stereocenters. The first-order chi connectivity index (χ1) is 27.6. The van der Waals surface area contributed by atoms with Crippen molar-refractivity contribution in [2.75, 3.05) is 25.1 Å². The van der Waals surface area contributed by atoms with Crippen molar-refractivity contribution in [3.05, 3.63) is 128 Å². The van der Waals surface area contributed by atoms with Gasteiger partial charge in [0.1, 0.15) is 13.2 Å². The van der Waals surface area contributed by atoms with Crippen LogP contribution in [0.15, 0.2) is 77.2 Å². The number of carbonyl (C=O) groups excluding carboxylic acids is 2. The molecule has 302 valence electrons. The molecule has 2 aromatic carbocycles. The molecule has 0 unspecified atom stereocenters. The van der Waals surface area contributed by atoms with Crippen LogP contribution in [0, 0.1) is 5.82 Å². The Morgan fingerprint density at radius 1 is 1.12 bits per heavy atom. The summed E-state index contributed by atoms with van der Waals surface area (Å²) in [5, 5.41) is 6.82. The van der Waals surface area contributed by atoms with Gasteiger partial charge < -0.3 is 24.3 Å². The van der Waals surface area contributed by atoms with Crippen LogP contribution >= 0.6 is 11.6 Å². The highest BCUT2D eigenvalue weighted by molar-refractivity contribution is 6.33. The Morgan fingerprint density at radius 3 is 2.59 bits per heavy atom. The number of benzene rings is 2. The Bertz CT molecular complexity index is 2530. The number of nitrogens with zero attached hydrogens (tertiary/aromatic N) is 6. The van der Waals surface area contributed by atoms with Gasteiger partial charge in [-0.05, 0) is 80.2 Å². The molecule has 58 heavy (non-hydrogen) atoms. The summed E-state index contributed by atoms with van der Waals surface area (Å²) in [6.07, 6.45) is 1.14. The van der Waals surface area contributed by atoms with Crippen LogP contribution in [-0.2, 0) is 35.3 Å². The minimum Gasteiger partial charge on any atom is -0.483 e. The van der Waals surface area contributed by atoms with Gasteiger partial charge in [-0.1, -0.05) is 54.9 Å². The van der Waals surface area contributed by atoms with Gasteiger partial charge >= 0.3 is 6.18 Å². The van der Waals surface area contributed by atoms with E-state index in [1.807, 2.05) is 50.3 Å². The number of anilines is 1. The average molecular weight is 820 g/mol. The van der Waals surface area contributed by atoms with Gasteiger partial charge in [-0.2, -0.15) is 22.7 Å². The van der Waals surface area contributed by atoms with Crippen molar-refractivity contribution >= 4 is 46.5 Å². The van der Waals surface area contributed by atoms with Gasteiger partial charge in [0.25, 0.3) is 11.5 Å². The van der Waals surface area contributed by atoms with Crippen LogP contribution in [0.4, 0.5) is 23.2 Å². The molecule has 0 radical (unpaired) electrons. The second-order valence-electron chi connectivity index (χ2n) is 14.5. The van der Waals surface area contributed by atoms with E-state index < -0.39 is 47.0 Å². The predicted molar refractivity (Wildman–Crippen MR) is 208 cm³/mol. The van der Waals surface area contributed by atoms with E-state index in [2.05, 4.69) is 20.4 Å². The largest absolute Gasteiger partial charge is 0.483 e. The summed E-state index contributed by atoms with van der Waals surface area (Å²) in [5.74, 6) is -1.88. The Balaban J connectivity index is 1.25. The van der Waals surface area contributed by atoms with Crippen molar-refractivity contribution in [1.29, 1.82) is 0 Å². The second-order valence-corrected chi connectivity index (χ2v) is 14.9. The zero-order valence-corrected chi connectivity index (χ0v) is 32.5. The number of nitrogens with one attached hydrogen (secondary N) is 1. The third-order valence-corrected chi connectivity index (χ3v) is 10.3. The Hall–Kier alpha value is -5.87. The summed E-state index contributed by atoms with van der Waals surface area (Å²) >= 11 is 6.15. The zero-order valence-electron chi connectivity index (χ0n) is 31.7. The SMILES string of the molecule is CCc1c(/C=C2/CN(C(=O)c3nccc(F)c3OCc3ccccc3)C(C)(C)C2)c(=O)n2nc(C3=CCOCC3)nc2n1CC(=O)Nc1ccc(C(F)(F)F)cc1Cl. The van der Waals surface area contributed by atoms with Gasteiger partial charge in [0.15, 0.2) is 23.1 Å². The molecule has 0 saturated carbocycles. The maximum Gasteiger partial charge on any atom is 0.416 e. The van der Waals surface area contributed by atoms with Gasteiger partial charge in [0.2, 0.25) is 11.7 Å². The number of hydrogen-bond acceptors (Lipinski definition) is 8. The van der Waals surface area contributed by atoms with E-state index in [-0.39, 0.29) is 58.9 Å². The lowest BCUT2D eigenvalue weighted by Crippen LogP contribution is -2.43. The smallest absolute Gasteiger partial charge is 0.416 e. The molecule has 5 heterocycles. The fraction of sp³-hybridized carbons (Fsp3) is 0.317. The van der Waals surface area contributed by atoms with Crippen molar-refractivity contribution in [3.63, 3.8) is 0 Å². The second kappa shape index (κ2) is 16.2. The Morgan fingerprint density at radius 2 is 1.90 bits per heavy atom. The molecular formula is C41H38ClF4N7O5.